The lowest BCUT2D eigenvalue weighted by Crippen LogP contribution is -2.41. The van der Waals surface area contributed by atoms with Crippen molar-refractivity contribution in [1.29, 1.82) is 0 Å². The number of amides is 1. The first-order valence-electron chi connectivity index (χ1n) is 8.48. The van der Waals surface area contributed by atoms with Gasteiger partial charge in [-0.2, -0.15) is 0 Å². The van der Waals surface area contributed by atoms with Crippen LogP contribution in [0.4, 0.5) is 0 Å². The fourth-order valence-electron chi connectivity index (χ4n) is 3.68. The number of carbonyl (C=O) groups is 1. The number of rotatable bonds is 7. The fraction of sp³-hybridized carbons (Fsp3) is 0.938. The highest BCUT2D eigenvalue weighted by Crippen LogP contribution is 2.26. The van der Waals surface area contributed by atoms with E-state index in [0.717, 1.165) is 18.9 Å². The first-order valence-corrected chi connectivity index (χ1v) is 8.48. The van der Waals surface area contributed by atoms with E-state index >= 15 is 0 Å². The molecule has 0 radical (unpaired) electrons. The Labute approximate surface area is 127 Å². The quantitative estimate of drug-likeness (QED) is 0.610. The number of aliphatic hydroxyl groups excluding tert-OH is 2. The standard InChI is InChI=1S/C16H30N2O3/c19-12-14-9-15(20)10-18(14)11-16(21)17-8-4-7-13-5-2-1-3-6-13/h13-15,19-20H,1-12H2,(H,17,21)/t14-,15+/m0/s1. The van der Waals surface area contributed by atoms with Crippen LogP contribution in [0.5, 0.6) is 0 Å². The summed E-state index contributed by atoms with van der Waals surface area (Å²) < 4.78 is 0. The van der Waals surface area contributed by atoms with Crippen molar-refractivity contribution in [3.05, 3.63) is 0 Å². The van der Waals surface area contributed by atoms with Crippen LogP contribution >= 0.6 is 0 Å². The Kier molecular flexibility index (Phi) is 6.93. The van der Waals surface area contributed by atoms with E-state index in [0.29, 0.717) is 13.0 Å². The molecular formula is C16H30N2O3. The van der Waals surface area contributed by atoms with Crippen molar-refractivity contribution in [2.24, 2.45) is 5.92 Å². The summed E-state index contributed by atoms with van der Waals surface area (Å²) >= 11 is 0. The largest absolute Gasteiger partial charge is 0.395 e. The Bertz CT molecular complexity index is 319. The van der Waals surface area contributed by atoms with Crippen LogP contribution in [0.3, 0.4) is 0 Å². The fourth-order valence-corrected chi connectivity index (χ4v) is 3.68. The summed E-state index contributed by atoms with van der Waals surface area (Å²) in [6, 6.07) is -0.0759. The second-order valence-electron chi connectivity index (χ2n) is 6.65. The molecule has 21 heavy (non-hydrogen) atoms. The molecule has 1 aliphatic heterocycles. The molecule has 0 aromatic rings. The van der Waals surface area contributed by atoms with Gasteiger partial charge in [-0.3, -0.25) is 9.69 Å². The van der Waals surface area contributed by atoms with Crippen molar-refractivity contribution < 1.29 is 15.0 Å². The topological polar surface area (TPSA) is 72.8 Å². The minimum Gasteiger partial charge on any atom is -0.395 e. The molecule has 0 bridgehead atoms. The Hall–Kier alpha value is -0.650. The van der Waals surface area contributed by atoms with Crippen molar-refractivity contribution in [3.63, 3.8) is 0 Å². The monoisotopic (exact) mass is 298 g/mol. The van der Waals surface area contributed by atoms with E-state index in [1.54, 1.807) is 0 Å². The van der Waals surface area contributed by atoms with Crippen LogP contribution in [-0.2, 0) is 4.79 Å². The van der Waals surface area contributed by atoms with Gasteiger partial charge in [0.2, 0.25) is 5.91 Å². The SMILES string of the molecule is O=C(CN1C[C@H](O)C[C@H]1CO)NCCCC1CCCCC1. The van der Waals surface area contributed by atoms with E-state index in [-0.39, 0.29) is 25.1 Å². The van der Waals surface area contributed by atoms with Crippen LogP contribution < -0.4 is 5.32 Å². The zero-order valence-electron chi connectivity index (χ0n) is 13.0. The normalized spacial score (nSPS) is 27.9. The first-order chi connectivity index (χ1) is 10.2. The number of hydrogen-bond acceptors (Lipinski definition) is 4. The van der Waals surface area contributed by atoms with Crippen molar-refractivity contribution in [1.82, 2.24) is 10.2 Å². The second kappa shape index (κ2) is 8.71. The number of β-amino-alcohol motifs (C(OH)–C–C–N with tert-alkyl or cyclic N) is 1. The Morgan fingerprint density at radius 3 is 2.71 bits per heavy atom. The molecule has 0 unspecified atom stereocenters. The summed E-state index contributed by atoms with van der Waals surface area (Å²) in [6.07, 6.45) is 9.28. The molecule has 0 aromatic heterocycles. The molecule has 122 valence electrons. The van der Waals surface area contributed by atoms with Gasteiger partial charge in [0.25, 0.3) is 0 Å². The smallest absolute Gasteiger partial charge is 0.234 e. The third-order valence-corrected chi connectivity index (χ3v) is 4.90. The lowest BCUT2D eigenvalue weighted by atomic mass is 9.86. The molecule has 5 nitrogen and oxygen atoms in total. The Balaban J connectivity index is 1.57. The van der Waals surface area contributed by atoms with E-state index in [9.17, 15) is 15.0 Å². The van der Waals surface area contributed by atoms with Gasteiger partial charge in [-0.1, -0.05) is 32.1 Å². The van der Waals surface area contributed by atoms with Crippen molar-refractivity contribution in [3.8, 4) is 0 Å². The highest BCUT2D eigenvalue weighted by atomic mass is 16.3. The summed E-state index contributed by atoms with van der Waals surface area (Å²) in [5.41, 5.74) is 0. The van der Waals surface area contributed by atoms with Gasteiger partial charge >= 0.3 is 0 Å². The van der Waals surface area contributed by atoms with Gasteiger partial charge < -0.3 is 15.5 Å². The minimum absolute atomic E-state index is 0.00574. The van der Waals surface area contributed by atoms with Crippen LogP contribution in [0, 0.1) is 5.92 Å². The number of nitrogens with zero attached hydrogens (tertiary/aromatic N) is 1. The van der Waals surface area contributed by atoms with Crippen molar-refractivity contribution in [2.45, 2.75) is 63.5 Å². The molecule has 1 saturated carbocycles. The number of carbonyl (C=O) groups excluding carboxylic acids is 1. The van der Waals surface area contributed by atoms with Crippen molar-refractivity contribution >= 4 is 5.91 Å². The highest BCUT2D eigenvalue weighted by Gasteiger charge is 2.31. The van der Waals surface area contributed by atoms with Gasteiger partial charge in [-0.25, -0.2) is 0 Å². The van der Waals surface area contributed by atoms with E-state index in [1.165, 1.54) is 38.5 Å². The van der Waals surface area contributed by atoms with Gasteiger partial charge in [0.15, 0.2) is 0 Å². The molecule has 5 heteroatoms. The molecule has 3 N–H and O–H groups in total. The Morgan fingerprint density at radius 1 is 1.24 bits per heavy atom. The van der Waals surface area contributed by atoms with Crippen LogP contribution in [0.25, 0.3) is 0 Å². The van der Waals surface area contributed by atoms with Gasteiger partial charge in [0.1, 0.15) is 0 Å². The highest BCUT2D eigenvalue weighted by molar-refractivity contribution is 5.78. The molecule has 1 aliphatic carbocycles. The maximum atomic E-state index is 11.9. The first kappa shape index (κ1) is 16.7. The van der Waals surface area contributed by atoms with Crippen LogP contribution in [-0.4, -0.2) is 59.4 Å². The molecule has 1 heterocycles. The van der Waals surface area contributed by atoms with Gasteiger partial charge in [-0.05, 0) is 25.2 Å². The number of nitrogens with one attached hydrogen (secondary N) is 1. The molecule has 2 atom stereocenters. The summed E-state index contributed by atoms with van der Waals surface area (Å²) in [4.78, 5) is 13.8. The third-order valence-electron chi connectivity index (χ3n) is 4.90. The van der Waals surface area contributed by atoms with E-state index in [4.69, 9.17) is 0 Å². The van der Waals surface area contributed by atoms with Gasteiger partial charge in [0, 0.05) is 19.1 Å². The summed E-state index contributed by atoms with van der Waals surface area (Å²) in [6.45, 7) is 1.52. The molecule has 0 aromatic carbocycles. The maximum absolute atomic E-state index is 11.9. The predicted octanol–water partition coefficient (Wildman–Crippen LogP) is 0.891. The minimum atomic E-state index is -0.416. The summed E-state index contributed by atoms with van der Waals surface area (Å²) in [5, 5.41) is 21.8. The third kappa shape index (κ3) is 5.57. The molecular weight excluding hydrogens is 268 g/mol. The zero-order valence-corrected chi connectivity index (χ0v) is 13.0. The zero-order chi connectivity index (χ0) is 15.1. The maximum Gasteiger partial charge on any atom is 0.234 e. The lowest BCUT2D eigenvalue weighted by molar-refractivity contribution is -0.122. The molecule has 2 rings (SSSR count). The van der Waals surface area contributed by atoms with Gasteiger partial charge in [0.05, 0.1) is 19.3 Å². The number of aliphatic hydroxyl groups is 2. The average Bonchev–Trinajstić information content (AvgIpc) is 2.84. The lowest BCUT2D eigenvalue weighted by Gasteiger charge is -2.22. The molecule has 2 fully saturated rings. The van der Waals surface area contributed by atoms with Crippen LogP contribution in [0.1, 0.15) is 51.4 Å². The van der Waals surface area contributed by atoms with Crippen LogP contribution in [0.15, 0.2) is 0 Å². The predicted molar refractivity (Wildman–Crippen MR) is 81.9 cm³/mol. The number of hydrogen-bond donors (Lipinski definition) is 3. The molecule has 1 amide bonds. The van der Waals surface area contributed by atoms with Gasteiger partial charge in [-0.15, -0.1) is 0 Å². The molecule has 1 saturated heterocycles. The average molecular weight is 298 g/mol. The summed E-state index contributed by atoms with van der Waals surface area (Å²) in [5.74, 6) is 0.870. The van der Waals surface area contributed by atoms with Crippen molar-refractivity contribution in [2.75, 3.05) is 26.2 Å². The Morgan fingerprint density at radius 2 is 2.00 bits per heavy atom. The number of likely N-dealkylation sites (tertiary alicyclic amines) is 1. The molecule has 0 spiro atoms. The summed E-state index contributed by atoms with van der Waals surface area (Å²) in [7, 11) is 0. The second-order valence-corrected chi connectivity index (χ2v) is 6.65. The molecule has 2 aliphatic rings. The van der Waals surface area contributed by atoms with E-state index < -0.39 is 6.10 Å². The van der Waals surface area contributed by atoms with E-state index in [2.05, 4.69) is 5.32 Å². The van der Waals surface area contributed by atoms with E-state index in [1.807, 2.05) is 4.90 Å². The van der Waals surface area contributed by atoms with Crippen LogP contribution in [0.2, 0.25) is 0 Å².